The van der Waals surface area contributed by atoms with Gasteiger partial charge in [0.05, 0.1) is 10.5 Å². The number of aryl methyl sites for hydroxylation is 1. The average Bonchev–Trinajstić information content (AvgIpc) is 2.59. The molecule has 9 nitrogen and oxygen atoms in total. The van der Waals surface area contributed by atoms with Gasteiger partial charge in [-0.3, -0.25) is 10.1 Å². The maximum absolute atomic E-state index is 12.1. The minimum atomic E-state index is -0.577. The van der Waals surface area contributed by atoms with Crippen LogP contribution < -0.4 is 4.74 Å². The summed E-state index contributed by atoms with van der Waals surface area (Å²) in [5.41, 5.74) is 0.941. The second-order valence-electron chi connectivity index (χ2n) is 8.25. The number of hydrogen-bond acceptors (Lipinski definition) is 7. The number of rotatable bonds is 5. The predicted octanol–water partition coefficient (Wildman–Crippen LogP) is 4.91. The van der Waals surface area contributed by atoms with Crippen LogP contribution in [-0.2, 0) is 11.3 Å². The maximum Gasteiger partial charge on any atom is 0.410 e. The highest BCUT2D eigenvalue weighted by atomic mass is 35.5. The molecule has 0 N–H and O–H groups in total. The van der Waals surface area contributed by atoms with E-state index in [2.05, 4.69) is 9.97 Å². The van der Waals surface area contributed by atoms with Crippen molar-refractivity contribution in [2.75, 3.05) is 13.1 Å². The van der Waals surface area contributed by atoms with Crippen molar-refractivity contribution in [2.24, 2.45) is 0 Å². The lowest BCUT2D eigenvalue weighted by molar-refractivity contribution is -0.386. The van der Waals surface area contributed by atoms with Gasteiger partial charge in [-0.25, -0.2) is 14.8 Å². The number of likely N-dealkylation sites (tertiary alicyclic amines) is 1. The van der Waals surface area contributed by atoms with E-state index in [4.69, 9.17) is 32.7 Å². The minimum absolute atomic E-state index is 0.0228. The first-order valence-corrected chi connectivity index (χ1v) is 10.3. The summed E-state index contributed by atoms with van der Waals surface area (Å²) in [6, 6.07) is 3.30. The molecule has 31 heavy (non-hydrogen) atoms. The Morgan fingerprint density at radius 2 is 1.87 bits per heavy atom. The third kappa shape index (κ3) is 5.34. The van der Waals surface area contributed by atoms with Gasteiger partial charge >= 0.3 is 11.8 Å². The molecule has 0 atom stereocenters. The lowest BCUT2D eigenvalue weighted by Crippen LogP contribution is -2.50. The molecule has 1 aliphatic heterocycles. The summed E-state index contributed by atoms with van der Waals surface area (Å²) in [5.74, 6) is 0.0958. The average molecular weight is 469 g/mol. The van der Waals surface area contributed by atoms with Gasteiger partial charge in [0.15, 0.2) is 5.75 Å². The van der Waals surface area contributed by atoms with Gasteiger partial charge in [0, 0.05) is 25.1 Å². The molecule has 1 fully saturated rings. The Hall–Kier alpha value is -2.65. The van der Waals surface area contributed by atoms with Crippen LogP contribution in [0.15, 0.2) is 18.5 Å². The number of halogens is 2. The normalized spacial score (nSPS) is 14.2. The summed E-state index contributed by atoms with van der Waals surface area (Å²) in [5, 5.41) is 11.9. The predicted molar refractivity (Wildman–Crippen MR) is 115 cm³/mol. The molecule has 3 rings (SSSR count). The van der Waals surface area contributed by atoms with Crippen LogP contribution >= 0.6 is 23.2 Å². The number of ether oxygens (including phenoxy) is 2. The van der Waals surface area contributed by atoms with Gasteiger partial charge in [-0.15, -0.1) is 0 Å². The van der Waals surface area contributed by atoms with E-state index in [1.807, 2.05) is 6.07 Å². The van der Waals surface area contributed by atoms with Gasteiger partial charge in [0.25, 0.3) is 0 Å². The molecule has 0 bridgehead atoms. The highest BCUT2D eigenvalue weighted by Crippen LogP contribution is 2.38. The van der Waals surface area contributed by atoms with Gasteiger partial charge in [0.1, 0.15) is 28.8 Å². The van der Waals surface area contributed by atoms with Crippen molar-refractivity contribution in [3.8, 4) is 5.75 Å². The Morgan fingerprint density at radius 1 is 1.26 bits per heavy atom. The Kier molecular flexibility index (Phi) is 6.56. The fourth-order valence-electron chi connectivity index (χ4n) is 3.14. The molecule has 2 heterocycles. The lowest BCUT2D eigenvalue weighted by Gasteiger charge is -2.40. The molecule has 11 heteroatoms. The van der Waals surface area contributed by atoms with Gasteiger partial charge in [-0.2, -0.15) is 0 Å². The zero-order valence-electron chi connectivity index (χ0n) is 17.5. The summed E-state index contributed by atoms with van der Waals surface area (Å²) >= 11 is 12.0. The zero-order chi connectivity index (χ0) is 22.9. The Morgan fingerprint density at radius 3 is 2.42 bits per heavy atom. The van der Waals surface area contributed by atoms with E-state index in [-0.39, 0.29) is 34.3 Å². The highest BCUT2D eigenvalue weighted by Gasteiger charge is 2.36. The van der Waals surface area contributed by atoms with E-state index >= 15 is 0 Å². The summed E-state index contributed by atoms with van der Waals surface area (Å²) in [7, 11) is 0. The van der Waals surface area contributed by atoms with E-state index in [0.717, 1.165) is 5.56 Å². The monoisotopic (exact) mass is 468 g/mol. The standard InChI is InChI=1S/C20H22Cl2N4O5/c1-11-5-12(13-7-25(8-13)19(27)31-20(2,3)4)6-15(26(28)29)16(11)30-9-14-17(21)23-10-24-18(14)22/h5-6,10,13H,7-9H2,1-4H3. The Balaban J connectivity index is 1.76. The third-order valence-corrected chi connectivity index (χ3v) is 5.33. The van der Waals surface area contributed by atoms with Crippen molar-refractivity contribution in [1.29, 1.82) is 0 Å². The molecule has 0 saturated carbocycles. The van der Waals surface area contributed by atoms with Crippen molar-refractivity contribution >= 4 is 35.0 Å². The van der Waals surface area contributed by atoms with Gasteiger partial charge in [0.2, 0.25) is 0 Å². The molecule has 0 unspecified atom stereocenters. The van der Waals surface area contributed by atoms with Gasteiger partial charge in [-0.05, 0) is 38.8 Å². The molecule has 166 valence electrons. The van der Waals surface area contributed by atoms with E-state index in [9.17, 15) is 14.9 Å². The number of nitrogens with zero attached hydrogens (tertiary/aromatic N) is 4. The van der Waals surface area contributed by atoms with E-state index in [1.165, 1.54) is 12.4 Å². The van der Waals surface area contributed by atoms with Crippen LogP contribution in [0.1, 0.15) is 43.4 Å². The number of aromatic nitrogens is 2. The smallest absolute Gasteiger partial charge is 0.410 e. The van der Waals surface area contributed by atoms with Crippen molar-refractivity contribution < 1.29 is 19.2 Å². The molecule has 0 aliphatic carbocycles. The molecule has 0 radical (unpaired) electrons. The molecule has 1 aromatic carbocycles. The molecule has 0 spiro atoms. The molecule has 1 saturated heterocycles. The first kappa shape index (κ1) is 23.0. The molecular formula is C20H22Cl2N4O5. The van der Waals surface area contributed by atoms with Crippen LogP contribution in [0.2, 0.25) is 10.3 Å². The molecule has 1 aliphatic rings. The number of hydrogen-bond donors (Lipinski definition) is 0. The highest BCUT2D eigenvalue weighted by molar-refractivity contribution is 6.34. The SMILES string of the molecule is Cc1cc(C2CN(C(=O)OC(C)(C)C)C2)cc([N+](=O)[O-])c1OCc1c(Cl)ncnc1Cl. The maximum atomic E-state index is 12.1. The van der Waals surface area contributed by atoms with Crippen LogP contribution in [0.3, 0.4) is 0 Å². The number of benzene rings is 1. The van der Waals surface area contributed by atoms with Crippen LogP contribution in [0.5, 0.6) is 5.75 Å². The van der Waals surface area contributed by atoms with E-state index < -0.39 is 16.6 Å². The first-order chi connectivity index (χ1) is 14.5. The van der Waals surface area contributed by atoms with E-state index in [1.54, 1.807) is 32.6 Å². The Bertz CT molecular complexity index is 999. The van der Waals surface area contributed by atoms with Crippen LogP contribution in [-0.4, -0.2) is 44.6 Å². The van der Waals surface area contributed by atoms with Crippen LogP contribution in [0.25, 0.3) is 0 Å². The van der Waals surface area contributed by atoms with Crippen LogP contribution in [0, 0.1) is 17.0 Å². The fourth-order valence-corrected chi connectivity index (χ4v) is 3.57. The van der Waals surface area contributed by atoms with Crippen molar-refractivity contribution in [3.05, 3.63) is 55.6 Å². The molecule has 1 amide bonds. The number of nitro groups is 1. The number of carbonyl (C=O) groups is 1. The first-order valence-electron chi connectivity index (χ1n) is 9.50. The lowest BCUT2D eigenvalue weighted by atomic mass is 9.90. The Labute approximate surface area is 189 Å². The summed E-state index contributed by atoms with van der Waals surface area (Å²) in [4.78, 5) is 32.6. The third-order valence-electron chi connectivity index (χ3n) is 4.68. The van der Waals surface area contributed by atoms with Crippen molar-refractivity contribution in [2.45, 2.75) is 45.8 Å². The fraction of sp³-hybridized carbons (Fsp3) is 0.450. The number of carbonyl (C=O) groups excluding carboxylic acids is 1. The topological polar surface area (TPSA) is 108 Å². The summed E-state index contributed by atoms with van der Waals surface area (Å²) in [6.45, 7) is 7.87. The molecule has 2 aromatic rings. The second kappa shape index (κ2) is 8.84. The van der Waals surface area contributed by atoms with Crippen molar-refractivity contribution in [3.63, 3.8) is 0 Å². The summed E-state index contributed by atoms with van der Waals surface area (Å²) < 4.78 is 11.1. The van der Waals surface area contributed by atoms with Crippen molar-refractivity contribution in [1.82, 2.24) is 14.9 Å². The van der Waals surface area contributed by atoms with Gasteiger partial charge in [-0.1, -0.05) is 29.3 Å². The minimum Gasteiger partial charge on any atom is -0.482 e. The largest absolute Gasteiger partial charge is 0.482 e. The second-order valence-corrected chi connectivity index (χ2v) is 8.96. The van der Waals surface area contributed by atoms with Gasteiger partial charge < -0.3 is 14.4 Å². The zero-order valence-corrected chi connectivity index (χ0v) is 19.0. The summed E-state index contributed by atoms with van der Waals surface area (Å²) in [6.07, 6.45) is 0.823. The van der Waals surface area contributed by atoms with Crippen LogP contribution in [0.4, 0.5) is 10.5 Å². The molecule has 1 aromatic heterocycles. The number of nitro benzene ring substituents is 1. The molecular weight excluding hydrogens is 447 g/mol. The number of amides is 1. The van der Waals surface area contributed by atoms with E-state index in [0.29, 0.717) is 24.2 Å². The quantitative estimate of drug-likeness (QED) is 0.348.